The zero-order valence-corrected chi connectivity index (χ0v) is 32.7. The highest BCUT2D eigenvalue weighted by Gasteiger charge is 2.70. The van der Waals surface area contributed by atoms with Gasteiger partial charge in [0.2, 0.25) is 29.4 Å². The van der Waals surface area contributed by atoms with Gasteiger partial charge in [-0.05, 0) is 62.3 Å². The Hall–Kier alpha value is -4.49. The molecular formula is C38H58N6O8. The smallest absolute Gasteiger partial charge is 0.408 e. The predicted molar refractivity (Wildman–Crippen MR) is 194 cm³/mol. The summed E-state index contributed by atoms with van der Waals surface area (Å²) in [6.07, 6.45) is -0.175. The van der Waals surface area contributed by atoms with Crippen molar-refractivity contribution in [1.29, 1.82) is 0 Å². The largest absolute Gasteiger partial charge is 0.444 e. The van der Waals surface area contributed by atoms with Gasteiger partial charge < -0.3 is 35.8 Å². The van der Waals surface area contributed by atoms with Gasteiger partial charge in [-0.3, -0.25) is 28.8 Å². The average molecular weight is 727 g/mol. The number of likely N-dealkylation sites (tertiary alicyclic amines) is 1. The van der Waals surface area contributed by atoms with E-state index in [2.05, 4.69) is 21.3 Å². The minimum atomic E-state index is -1.23. The number of nitrogens with one attached hydrogen (secondary N) is 4. The molecule has 0 radical (unpaired) electrons. The predicted octanol–water partition coefficient (Wildman–Crippen LogP) is 2.71. The second-order valence-corrected chi connectivity index (χ2v) is 16.8. The van der Waals surface area contributed by atoms with E-state index in [4.69, 9.17) is 4.74 Å². The number of amides is 6. The zero-order valence-electron chi connectivity index (χ0n) is 32.7. The fraction of sp³-hybridized carbons (Fsp3) is 0.658. The van der Waals surface area contributed by atoms with E-state index in [0.29, 0.717) is 12.0 Å². The second kappa shape index (κ2) is 16.0. The lowest BCUT2D eigenvalue weighted by atomic mass is 9.85. The van der Waals surface area contributed by atoms with Crippen LogP contribution < -0.4 is 21.3 Å². The Morgan fingerprint density at radius 2 is 1.52 bits per heavy atom. The van der Waals surface area contributed by atoms with Crippen LogP contribution in [0.2, 0.25) is 0 Å². The number of ketones is 1. The molecule has 2 aliphatic rings. The first-order valence-electron chi connectivity index (χ1n) is 17.9. The molecule has 1 aromatic carbocycles. The summed E-state index contributed by atoms with van der Waals surface area (Å²) >= 11 is 0. The maximum atomic E-state index is 14.2. The van der Waals surface area contributed by atoms with Crippen molar-refractivity contribution >= 4 is 41.4 Å². The summed E-state index contributed by atoms with van der Waals surface area (Å²) in [5.74, 6) is -4.27. The van der Waals surface area contributed by atoms with Gasteiger partial charge in [0.1, 0.15) is 29.8 Å². The number of nitrogens with zero attached hydrogens (tertiary/aromatic N) is 2. The maximum Gasteiger partial charge on any atom is 0.408 e. The Kier molecular flexibility index (Phi) is 12.9. The van der Waals surface area contributed by atoms with Gasteiger partial charge >= 0.3 is 6.09 Å². The number of piperidine rings is 1. The van der Waals surface area contributed by atoms with Crippen molar-refractivity contribution in [2.24, 2.45) is 22.7 Å². The van der Waals surface area contributed by atoms with Gasteiger partial charge in [-0.1, -0.05) is 78.3 Å². The topological polar surface area (TPSA) is 183 Å². The molecule has 288 valence electrons. The third-order valence-corrected chi connectivity index (χ3v) is 9.82. The molecule has 1 aliphatic heterocycles. The highest BCUT2D eigenvalue weighted by atomic mass is 16.6. The number of hydrogen-bond acceptors (Lipinski definition) is 8. The lowest BCUT2D eigenvalue weighted by Gasteiger charge is -2.38. The number of ether oxygens (including phenoxy) is 1. The van der Waals surface area contributed by atoms with Gasteiger partial charge in [-0.25, -0.2) is 4.79 Å². The highest BCUT2D eigenvalue weighted by molar-refractivity contribution is 6.38. The van der Waals surface area contributed by atoms with Crippen molar-refractivity contribution in [3.63, 3.8) is 0 Å². The molecule has 0 spiro atoms. The average Bonchev–Trinajstić information content (AvgIpc) is 3.34. The normalized spacial score (nSPS) is 21.3. The van der Waals surface area contributed by atoms with Gasteiger partial charge in [0.25, 0.3) is 5.91 Å². The van der Waals surface area contributed by atoms with Crippen LogP contribution in [0.5, 0.6) is 0 Å². The second-order valence-electron chi connectivity index (χ2n) is 16.8. The molecule has 4 N–H and O–H groups in total. The Morgan fingerprint density at radius 1 is 0.923 bits per heavy atom. The molecule has 0 aromatic heterocycles. The molecule has 1 saturated carbocycles. The maximum absolute atomic E-state index is 14.2. The summed E-state index contributed by atoms with van der Waals surface area (Å²) in [5.41, 5.74) is -1.23. The van der Waals surface area contributed by atoms with E-state index in [1.807, 2.05) is 13.8 Å². The van der Waals surface area contributed by atoms with Crippen molar-refractivity contribution in [2.45, 2.75) is 118 Å². The van der Waals surface area contributed by atoms with Crippen LogP contribution in [0.1, 0.15) is 93.7 Å². The lowest BCUT2D eigenvalue weighted by molar-refractivity contribution is -0.145. The van der Waals surface area contributed by atoms with Gasteiger partial charge in [-0.2, -0.15) is 0 Å². The Balaban J connectivity index is 1.77. The number of fused-ring (bicyclic) bond motifs is 1. The Bertz CT molecular complexity index is 1530. The van der Waals surface area contributed by atoms with Crippen LogP contribution in [-0.4, -0.2) is 102 Å². The monoisotopic (exact) mass is 726 g/mol. The molecular weight excluding hydrogens is 668 g/mol. The molecule has 1 saturated heterocycles. The van der Waals surface area contributed by atoms with E-state index in [9.17, 15) is 33.6 Å². The number of alkyl carbamates (subject to hydrolysis) is 1. The molecule has 6 amide bonds. The van der Waals surface area contributed by atoms with Gasteiger partial charge in [0.15, 0.2) is 0 Å². The summed E-state index contributed by atoms with van der Waals surface area (Å²) in [4.78, 5) is 96.7. The fourth-order valence-corrected chi connectivity index (χ4v) is 6.82. The van der Waals surface area contributed by atoms with E-state index in [1.54, 1.807) is 92.9 Å². The quantitative estimate of drug-likeness (QED) is 0.224. The summed E-state index contributed by atoms with van der Waals surface area (Å²) in [5, 5.41) is 10.5. The molecule has 7 atom stereocenters. The first-order valence-corrected chi connectivity index (χ1v) is 17.9. The first-order chi connectivity index (χ1) is 23.9. The first kappa shape index (κ1) is 41.9. The van der Waals surface area contributed by atoms with Crippen molar-refractivity contribution in [2.75, 3.05) is 20.6 Å². The van der Waals surface area contributed by atoms with Crippen LogP contribution in [-0.2, 0) is 33.5 Å². The van der Waals surface area contributed by atoms with Crippen LogP contribution in [0.3, 0.4) is 0 Å². The Labute approximate surface area is 307 Å². The van der Waals surface area contributed by atoms with Crippen LogP contribution >= 0.6 is 0 Å². The molecule has 3 rings (SSSR count). The highest BCUT2D eigenvalue weighted by Crippen LogP contribution is 2.65. The molecule has 1 heterocycles. The molecule has 14 nitrogen and oxygen atoms in total. The summed E-state index contributed by atoms with van der Waals surface area (Å²) in [6.45, 7) is 18.1. The third kappa shape index (κ3) is 9.88. The summed E-state index contributed by atoms with van der Waals surface area (Å²) in [7, 11) is 3.12. The van der Waals surface area contributed by atoms with Crippen molar-refractivity contribution < 1.29 is 38.3 Å². The van der Waals surface area contributed by atoms with Crippen molar-refractivity contribution in [1.82, 2.24) is 31.1 Å². The molecule has 52 heavy (non-hydrogen) atoms. The van der Waals surface area contributed by atoms with Crippen LogP contribution in [0, 0.1) is 22.7 Å². The van der Waals surface area contributed by atoms with E-state index in [1.165, 1.54) is 16.7 Å². The lowest BCUT2D eigenvalue weighted by Crippen LogP contribution is -2.61. The van der Waals surface area contributed by atoms with Crippen LogP contribution in [0.15, 0.2) is 30.3 Å². The standard InChI is InChI=1S/C38H58N6O8/c1-13-17-24(28(45)32(48)39-21(2)30(46)41-26(33(49)43(11)12)22-18-15-14-16-19-22)40-31(47)27-25-23(38(25,9)10)20-44(27)34(50)29(36(3,4)5)42-35(51)52-37(6,7)8/h14-16,18-19,21,23-27,29H,13,17,20H2,1-12H3,(H,39,48)(H,40,47)(H,41,46)(H,42,51)/t21-,23?,24?,25-,26-,27-,29+/m0/s1. The van der Waals surface area contributed by atoms with Crippen molar-refractivity contribution in [3.05, 3.63) is 35.9 Å². The van der Waals surface area contributed by atoms with Crippen LogP contribution in [0.4, 0.5) is 4.79 Å². The minimum Gasteiger partial charge on any atom is -0.444 e. The number of hydrogen-bond donors (Lipinski definition) is 4. The van der Waals surface area contributed by atoms with E-state index < -0.39 is 76.7 Å². The molecule has 2 unspecified atom stereocenters. The summed E-state index contributed by atoms with van der Waals surface area (Å²) < 4.78 is 5.43. The molecule has 2 fully saturated rings. The number of benzene rings is 1. The van der Waals surface area contributed by atoms with E-state index in [-0.39, 0.29) is 36.1 Å². The number of likely N-dealkylation sites (N-methyl/N-ethyl adjacent to an activating group) is 1. The van der Waals surface area contributed by atoms with E-state index in [0.717, 1.165) is 0 Å². The third-order valence-electron chi connectivity index (χ3n) is 9.82. The summed E-state index contributed by atoms with van der Waals surface area (Å²) in [6, 6.07) is 3.24. The number of Topliss-reactive ketones (excluding diaryl/α,β-unsaturated/α-hetero) is 1. The van der Waals surface area contributed by atoms with Gasteiger partial charge in [0.05, 0.1) is 6.04 Å². The molecule has 1 aromatic rings. The molecule has 1 aliphatic carbocycles. The van der Waals surface area contributed by atoms with Gasteiger partial charge in [-0.15, -0.1) is 0 Å². The Morgan fingerprint density at radius 3 is 2.04 bits per heavy atom. The minimum absolute atomic E-state index is 0.0245. The van der Waals surface area contributed by atoms with Crippen LogP contribution in [0.25, 0.3) is 0 Å². The fourth-order valence-electron chi connectivity index (χ4n) is 6.82. The zero-order chi connectivity index (χ0) is 39.5. The number of rotatable bonds is 13. The number of carbonyl (C=O) groups is 7. The van der Waals surface area contributed by atoms with E-state index >= 15 is 0 Å². The van der Waals surface area contributed by atoms with Crippen molar-refractivity contribution in [3.8, 4) is 0 Å². The molecule has 14 heteroatoms. The number of carbonyl (C=O) groups excluding carboxylic acids is 7. The molecule has 0 bridgehead atoms. The van der Waals surface area contributed by atoms with Gasteiger partial charge in [0, 0.05) is 20.6 Å². The SMILES string of the molecule is CCCC(NC(=O)[C@@H]1[C@@H]2C(CN1C(=O)[C@@H](NC(=O)OC(C)(C)C)C(C)(C)C)C2(C)C)C(=O)C(=O)N[C@@H](C)C(=O)N[C@H](C(=O)N(C)C)c1ccccc1.